The maximum Gasteiger partial charge on any atom is 0.254 e. The number of rotatable bonds is 5. The molecule has 0 saturated heterocycles. The van der Waals surface area contributed by atoms with Gasteiger partial charge >= 0.3 is 0 Å². The topological polar surface area (TPSA) is 113 Å². The number of primary amides is 1. The normalized spacial score (nSPS) is 26.3. The van der Waals surface area contributed by atoms with Crippen molar-refractivity contribution in [3.8, 4) is 0 Å². The van der Waals surface area contributed by atoms with Crippen molar-refractivity contribution < 1.29 is 18.7 Å². The molecule has 1 amide bonds. The van der Waals surface area contributed by atoms with Crippen LogP contribution in [-0.2, 0) is 0 Å². The van der Waals surface area contributed by atoms with Crippen molar-refractivity contribution in [1.29, 1.82) is 0 Å². The predicted octanol–water partition coefficient (Wildman–Crippen LogP) is 2.28. The largest absolute Gasteiger partial charge is 0.393 e. The quantitative estimate of drug-likeness (QED) is 0.633. The Bertz CT molecular complexity index is 648. The summed E-state index contributed by atoms with van der Waals surface area (Å²) in [5, 5.41) is 16.1. The van der Waals surface area contributed by atoms with E-state index in [4.69, 9.17) is 5.73 Å². The van der Waals surface area contributed by atoms with E-state index in [-0.39, 0.29) is 42.5 Å². The summed E-state index contributed by atoms with van der Waals surface area (Å²) >= 11 is 0. The maximum atomic E-state index is 13.3. The van der Waals surface area contributed by atoms with Gasteiger partial charge in [-0.25, -0.2) is 13.8 Å². The molecular weight excluding hydrogens is 344 g/mol. The van der Waals surface area contributed by atoms with Gasteiger partial charge < -0.3 is 21.5 Å². The highest BCUT2D eigenvalue weighted by atomic mass is 19.3. The number of nitrogens with two attached hydrogens (primary N) is 1. The number of nitrogens with one attached hydrogen (secondary N) is 2. The minimum atomic E-state index is -2.59. The Morgan fingerprint density at radius 1 is 1.19 bits per heavy atom. The second-order valence-electron chi connectivity index (χ2n) is 7.26. The first-order valence-electron chi connectivity index (χ1n) is 9.08. The highest BCUT2D eigenvalue weighted by molar-refractivity contribution is 5.97. The molecule has 9 heteroatoms. The predicted molar refractivity (Wildman–Crippen MR) is 93.3 cm³/mol. The first kappa shape index (κ1) is 18.8. The average Bonchev–Trinajstić information content (AvgIpc) is 2.57. The molecule has 144 valence electrons. The molecule has 0 unspecified atom stereocenters. The van der Waals surface area contributed by atoms with Crippen LogP contribution in [0.15, 0.2) is 6.20 Å². The number of hydrogen-bond acceptors (Lipinski definition) is 6. The Balaban J connectivity index is 1.70. The summed E-state index contributed by atoms with van der Waals surface area (Å²) in [6.07, 6.45) is 4.42. The third-order valence-corrected chi connectivity index (χ3v) is 5.09. The fraction of sp³-hybridized carbons (Fsp3) is 0.706. The van der Waals surface area contributed by atoms with Gasteiger partial charge in [-0.2, -0.15) is 4.98 Å². The lowest BCUT2D eigenvalue weighted by Gasteiger charge is -2.29. The van der Waals surface area contributed by atoms with Crippen molar-refractivity contribution >= 4 is 17.7 Å². The number of hydrogen-bond donors (Lipinski definition) is 4. The van der Waals surface area contributed by atoms with Crippen molar-refractivity contribution in [2.75, 3.05) is 10.6 Å². The maximum absolute atomic E-state index is 13.3. The number of nitrogens with zero attached hydrogens (tertiary/aromatic N) is 2. The molecule has 0 radical (unpaired) electrons. The van der Waals surface area contributed by atoms with E-state index in [0.29, 0.717) is 25.1 Å². The van der Waals surface area contributed by atoms with Crippen molar-refractivity contribution in [3.05, 3.63) is 11.8 Å². The molecule has 1 heterocycles. The van der Waals surface area contributed by atoms with E-state index in [1.165, 1.54) is 6.20 Å². The molecule has 2 aliphatic carbocycles. The average molecular weight is 369 g/mol. The van der Waals surface area contributed by atoms with E-state index in [1.807, 2.05) is 0 Å². The molecule has 0 spiro atoms. The second kappa shape index (κ2) is 7.69. The number of alkyl halides is 2. The molecule has 0 aromatic carbocycles. The molecular formula is C17H25F2N5O2. The molecule has 26 heavy (non-hydrogen) atoms. The summed E-state index contributed by atoms with van der Waals surface area (Å²) in [6.45, 7) is 0. The van der Waals surface area contributed by atoms with E-state index in [1.54, 1.807) is 0 Å². The summed E-state index contributed by atoms with van der Waals surface area (Å²) in [5.41, 5.74) is 5.57. The number of halogens is 2. The fourth-order valence-corrected chi connectivity index (χ4v) is 3.60. The third-order valence-electron chi connectivity index (χ3n) is 5.09. The highest BCUT2D eigenvalue weighted by Crippen LogP contribution is 2.34. The molecule has 5 N–H and O–H groups in total. The van der Waals surface area contributed by atoms with E-state index in [2.05, 4.69) is 20.6 Å². The van der Waals surface area contributed by atoms with Crippen molar-refractivity contribution in [1.82, 2.24) is 9.97 Å². The third kappa shape index (κ3) is 4.78. The second-order valence-corrected chi connectivity index (χ2v) is 7.26. The van der Waals surface area contributed by atoms with Crippen molar-refractivity contribution in [2.45, 2.75) is 75.5 Å². The molecule has 1 aromatic rings. The summed E-state index contributed by atoms with van der Waals surface area (Å²) in [6, 6.07) is -0.133. The van der Waals surface area contributed by atoms with Crippen LogP contribution < -0.4 is 16.4 Å². The van der Waals surface area contributed by atoms with Crippen LogP contribution in [0.2, 0.25) is 0 Å². The molecule has 2 fully saturated rings. The minimum absolute atomic E-state index is 0.00651. The Morgan fingerprint density at radius 2 is 1.92 bits per heavy atom. The first-order chi connectivity index (χ1) is 12.3. The molecule has 2 atom stereocenters. The molecule has 0 aliphatic heterocycles. The van der Waals surface area contributed by atoms with Crippen LogP contribution in [0, 0.1) is 0 Å². The van der Waals surface area contributed by atoms with Gasteiger partial charge in [-0.1, -0.05) is 0 Å². The molecule has 0 bridgehead atoms. The molecule has 1 aromatic heterocycles. The number of aliphatic hydroxyl groups excluding tert-OH is 1. The summed E-state index contributed by atoms with van der Waals surface area (Å²) in [7, 11) is 0. The van der Waals surface area contributed by atoms with Crippen molar-refractivity contribution in [3.63, 3.8) is 0 Å². The number of anilines is 2. The van der Waals surface area contributed by atoms with E-state index in [0.717, 1.165) is 19.3 Å². The van der Waals surface area contributed by atoms with Gasteiger partial charge in [0.05, 0.1) is 11.7 Å². The lowest BCUT2D eigenvalue weighted by atomic mass is 9.92. The lowest BCUT2D eigenvalue weighted by Crippen LogP contribution is -2.33. The molecule has 2 saturated carbocycles. The van der Waals surface area contributed by atoms with Gasteiger partial charge in [-0.3, -0.25) is 4.79 Å². The SMILES string of the molecule is NC(=O)c1cnc(NC2CCC(F)(F)CC2)nc1N[C@@H]1CCC[C@H](O)C1. The number of aromatic nitrogens is 2. The van der Waals surface area contributed by atoms with E-state index >= 15 is 0 Å². The zero-order valence-corrected chi connectivity index (χ0v) is 14.5. The molecule has 3 rings (SSSR count). The summed E-state index contributed by atoms with van der Waals surface area (Å²) in [4.78, 5) is 20.1. The summed E-state index contributed by atoms with van der Waals surface area (Å²) < 4.78 is 26.5. The van der Waals surface area contributed by atoms with Crippen LogP contribution in [0.1, 0.15) is 61.7 Å². The van der Waals surface area contributed by atoms with Crippen LogP contribution in [0.5, 0.6) is 0 Å². The molecule has 2 aliphatic rings. The number of amides is 1. The smallest absolute Gasteiger partial charge is 0.254 e. The van der Waals surface area contributed by atoms with Crippen LogP contribution in [0.3, 0.4) is 0 Å². The zero-order valence-electron chi connectivity index (χ0n) is 14.5. The van der Waals surface area contributed by atoms with Gasteiger partial charge in [0.2, 0.25) is 11.9 Å². The molecule has 7 nitrogen and oxygen atoms in total. The standard InChI is InChI=1S/C17H25F2N5O2/c18-17(19)6-4-10(5-7-17)23-16-21-9-13(14(20)26)15(24-16)22-11-2-1-3-12(25)8-11/h9-12,25H,1-8H2,(H2,20,26)(H2,21,22,23,24)/t11-,12+/m1/s1. The van der Waals surface area contributed by atoms with Crippen LogP contribution in [0.4, 0.5) is 20.5 Å². The Labute approximate surface area is 150 Å². The van der Waals surface area contributed by atoms with Crippen LogP contribution in [0.25, 0.3) is 0 Å². The Hall–Kier alpha value is -2.03. The fourth-order valence-electron chi connectivity index (χ4n) is 3.60. The van der Waals surface area contributed by atoms with Gasteiger partial charge in [-0.05, 0) is 38.5 Å². The first-order valence-corrected chi connectivity index (χ1v) is 9.08. The van der Waals surface area contributed by atoms with Crippen LogP contribution >= 0.6 is 0 Å². The number of carbonyl (C=O) groups excluding carboxylic acids is 1. The van der Waals surface area contributed by atoms with Gasteiger partial charge in [0.15, 0.2) is 0 Å². The van der Waals surface area contributed by atoms with E-state index < -0.39 is 11.8 Å². The van der Waals surface area contributed by atoms with Gasteiger partial charge in [0.25, 0.3) is 5.91 Å². The lowest BCUT2D eigenvalue weighted by molar-refractivity contribution is -0.0361. The summed E-state index contributed by atoms with van der Waals surface area (Å²) in [5.74, 6) is -2.64. The Kier molecular flexibility index (Phi) is 5.55. The van der Waals surface area contributed by atoms with Gasteiger partial charge in [0, 0.05) is 31.1 Å². The minimum Gasteiger partial charge on any atom is -0.393 e. The van der Waals surface area contributed by atoms with Gasteiger partial charge in [-0.15, -0.1) is 0 Å². The highest BCUT2D eigenvalue weighted by Gasteiger charge is 2.35. The van der Waals surface area contributed by atoms with Crippen LogP contribution in [-0.4, -0.2) is 45.1 Å². The number of aliphatic hydroxyl groups is 1. The number of carbonyl (C=O) groups is 1. The van der Waals surface area contributed by atoms with E-state index in [9.17, 15) is 18.7 Å². The monoisotopic (exact) mass is 369 g/mol. The zero-order chi connectivity index (χ0) is 18.7. The van der Waals surface area contributed by atoms with Gasteiger partial charge in [0.1, 0.15) is 5.82 Å². The Morgan fingerprint density at radius 3 is 2.58 bits per heavy atom. The van der Waals surface area contributed by atoms with Crippen molar-refractivity contribution in [2.24, 2.45) is 5.73 Å².